The summed E-state index contributed by atoms with van der Waals surface area (Å²) >= 11 is 7.17. The van der Waals surface area contributed by atoms with E-state index in [0.717, 1.165) is 23.6 Å². The Kier molecular flexibility index (Phi) is 4.54. The molecule has 0 aromatic carbocycles. The molecule has 2 rings (SSSR count). The van der Waals surface area contributed by atoms with Crippen molar-refractivity contribution in [1.82, 2.24) is 19.7 Å². The first-order chi connectivity index (χ1) is 8.74. The Labute approximate surface area is 116 Å². The molecule has 0 radical (unpaired) electrons. The number of aromatic amines is 1. The maximum atomic E-state index is 5.32. The van der Waals surface area contributed by atoms with Crippen LogP contribution in [0.1, 0.15) is 19.4 Å². The molecule has 2 heterocycles. The minimum absolute atomic E-state index is 0.340. The van der Waals surface area contributed by atoms with Crippen LogP contribution in [0.3, 0.4) is 0 Å². The summed E-state index contributed by atoms with van der Waals surface area (Å²) in [5, 5.41) is 7.21. The minimum Gasteiger partial charge on any atom is -0.297 e. The average molecular weight is 280 g/mol. The van der Waals surface area contributed by atoms with E-state index in [0.29, 0.717) is 10.8 Å². The molecule has 0 bridgehead atoms. The van der Waals surface area contributed by atoms with Crippen molar-refractivity contribution < 1.29 is 0 Å². The number of hydrogen-bond donors (Lipinski definition) is 1. The Hall–Kier alpha value is -1.14. The number of nitrogens with zero attached hydrogens (tertiary/aromatic N) is 3. The number of rotatable bonds is 5. The molecule has 1 N–H and O–H groups in total. The van der Waals surface area contributed by atoms with Crippen molar-refractivity contribution in [3.05, 3.63) is 29.3 Å². The topological polar surface area (TPSA) is 46.5 Å². The average Bonchev–Trinajstić information content (AvgIpc) is 2.79. The van der Waals surface area contributed by atoms with Crippen molar-refractivity contribution in [2.45, 2.75) is 19.4 Å². The van der Waals surface area contributed by atoms with Gasteiger partial charge in [-0.15, -0.1) is 0 Å². The smallest absolute Gasteiger partial charge is 0.195 e. The minimum atomic E-state index is 0.340. The molecule has 0 spiro atoms. The molecule has 0 aliphatic rings. The summed E-state index contributed by atoms with van der Waals surface area (Å²) in [7, 11) is 0. The molecule has 0 fully saturated rings. The third kappa shape index (κ3) is 2.81. The van der Waals surface area contributed by atoms with E-state index >= 15 is 0 Å². The molecule has 6 heteroatoms. The fourth-order valence-corrected chi connectivity index (χ4v) is 2.72. The van der Waals surface area contributed by atoms with E-state index in [-0.39, 0.29) is 0 Å². The summed E-state index contributed by atoms with van der Waals surface area (Å²) in [6.45, 7) is 2.17. The first-order valence-electron chi connectivity index (χ1n) is 5.80. The van der Waals surface area contributed by atoms with Gasteiger partial charge in [-0.2, -0.15) is 16.9 Å². The van der Waals surface area contributed by atoms with Gasteiger partial charge in [0.05, 0.1) is 0 Å². The Morgan fingerprint density at radius 3 is 2.83 bits per heavy atom. The SMILES string of the molecule is CSCCC(C)n1c(-c2ccncc2)n[nH]c1=S. The molecule has 4 nitrogen and oxygen atoms in total. The maximum absolute atomic E-state index is 5.32. The molecule has 0 saturated heterocycles. The number of nitrogens with one attached hydrogen (secondary N) is 1. The lowest BCUT2D eigenvalue weighted by atomic mass is 10.2. The largest absolute Gasteiger partial charge is 0.297 e. The second kappa shape index (κ2) is 6.15. The monoisotopic (exact) mass is 280 g/mol. The fraction of sp³-hybridized carbons (Fsp3) is 0.417. The van der Waals surface area contributed by atoms with Crippen LogP contribution in [0, 0.1) is 4.77 Å². The van der Waals surface area contributed by atoms with Gasteiger partial charge in [-0.25, -0.2) is 0 Å². The highest BCUT2D eigenvalue weighted by Crippen LogP contribution is 2.22. The van der Waals surface area contributed by atoms with Crippen molar-refractivity contribution in [3.8, 4) is 11.4 Å². The van der Waals surface area contributed by atoms with Crippen molar-refractivity contribution in [3.63, 3.8) is 0 Å². The highest BCUT2D eigenvalue weighted by molar-refractivity contribution is 7.98. The number of hydrogen-bond acceptors (Lipinski definition) is 4. The van der Waals surface area contributed by atoms with Crippen LogP contribution in [-0.2, 0) is 0 Å². The molecule has 2 aromatic heterocycles. The third-order valence-corrected chi connectivity index (χ3v) is 3.76. The second-order valence-corrected chi connectivity index (χ2v) is 5.46. The molecular formula is C12H16N4S2. The van der Waals surface area contributed by atoms with Gasteiger partial charge in [-0.05, 0) is 49.7 Å². The lowest BCUT2D eigenvalue weighted by Gasteiger charge is -2.14. The summed E-state index contributed by atoms with van der Waals surface area (Å²) < 4.78 is 2.76. The van der Waals surface area contributed by atoms with Gasteiger partial charge < -0.3 is 0 Å². The number of aromatic nitrogens is 4. The van der Waals surface area contributed by atoms with Crippen molar-refractivity contribution in [1.29, 1.82) is 0 Å². The van der Waals surface area contributed by atoms with Crippen LogP contribution in [0.5, 0.6) is 0 Å². The Bertz CT molecular complexity index is 547. The van der Waals surface area contributed by atoms with Gasteiger partial charge in [-0.3, -0.25) is 14.6 Å². The van der Waals surface area contributed by atoms with Crippen molar-refractivity contribution >= 4 is 24.0 Å². The molecule has 0 amide bonds. The van der Waals surface area contributed by atoms with E-state index in [1.54, 1.807) is 12.4 Å². The first-order valence-corrected chi connectivity index (χ1v) is 7.60. The number of pyridine rings is 1. The molecule has 1 unspecified atom stereocenters. The Morgan fingerprint density at radius 1 is 1.44 bits per heavy atom. The summed E-state index contributed by atoms with van der Waals surface area (Å²) in [6, 6.07) is 4.23. The molecule has 1 atom stereocenters. The zero-order valence-corrected chi connectivity index (χ0v) is 12.1. The van der Waals surface area contributed by atoms with E-state index in [4.69, 9.17) is 12.2 Å². The zero-order chi connectivity index (χ0) is 13.0. The van der Waals surface area contributed by atoms with Gasteiger partial charge in [0.2, 0.25) is 0 Å². The van der Waals surface area contributed by atoms with E-state index in [9.17, 15) is 0 Å². The van der Waals surface area contributed by atoms with Crippen LogP contribution >= 0.6 is 24.0 Å². The second-order valence-electron chi connectivity index (χ2n) is 4.09. The van der Waals surface area contributed by atoms with Crippen LogP contribution < -0.4 is 0 Å². The third-order valence-electron chi connectivity index (χ3n) is 2.82. The predicted molar refractivity (Wildman–Crippen MR) is 78.4 cm³/mol. The van der Waals surface area contributed by atoms with E-state index in [2.05, 4.69) is 32.9 Å². The van der Waals surface area contributed by atoms with Gasteiger partial charge in [0.15, 0.2) is 10.6 Å². The molecule has 0 aliphatic heterocycles. The normalized spacial score (nSPS) is 12.6. The first kappa shape index (κ1) is 13.3. The molecule has 96 valence electrons. The van der Waals surface area contributed by atoms with E-state index < -0.39 is 0 Å². The van der Waals surface area contributed by atoms with E-state index in [1.807, 2.05) is 23.9 Å². The summed E-state index contributed by atoms with van der Waals surface area (Å²) in [4.78, 5) is 4.03. The van der Waals surface area contributed by atoms with Crippen LogP contribution in [0.4, 0.5) is 0 Å². The number of thioether (sulfide) groups is 1. The molecule has 0 saturated carbocycles. The van der Waals surface area contributed by atoms with Gasteiger partial charge in [0.1, 0.15) is 0 Å². The lowest BCUT2D eigenvalue weighted by molar-refractivity contribution is 0.532. The fourth-order valence-electron chi connectivity index (χ4n) is 1.84. The van der Waals surface area contributed by atoms with Crippen molar-refractivity contribution in [2.24, 2.45) is 0 Å². The van der Waals surface area contributed by atoms with Crippen molar-refractivity contribution in [2.75, 3.05) is 12.0 Å². The van der Waals surface area contributed by atoms with Crippen LogP contribution in [0.25, 0.3) is 11.4 Å². The molecule has 18 heavy (non-hydrogen) atoms. The highest BCUT2D eigenvalue weighted by Gasteiger charge is 2.13. The van der Waals surface area contributed by atoms with Crippen LogP contribution in [-0.4, -0.2) is 31.8 Å². The quantitative estimate of drug-likeness (QED) is 0.854. The maximum Gasteiger partial charge on any atom is 0.195 e. The standard InChI is InChI=1S/C12H16N4S2/c1-9(5-8-18-2)16-11(14-15-12(16)17)10-3-6-13-7-4-10/h3-4,6-7,9H,5,8H2,1-2H3,(H,15,17). The van der Waals surface area contributed by atoms with Gasteiger partial charge in [0.25, 0.3) is 0 Å². The summed E-state index contributed by atoms with van der Waals surface area (Å²) in [5.41, 5.74) is 1.04. The summed E-state index contributed by atoms with van der Waals surface area (Å²) in [6.07, 6.45) is 6.73. The van der Waals surface area contributed by atoms with Crippen LogP contribution in [0.2, 0.25) is 0 Å². The molecular weight excluding hydrogens is 264 g/mol. The van der Waals surface area contributed by atoms with Gasteiger partial charge in [0, 0.05) is 24.0 Å². The van der Waals surface area contributed by atoms with Gasteiger partial charge in [-0.1, -0.05) is 0 Å². The Morgan fingerprint density at radius 2 is 2.17 bits per heavy atom. The summed E-state index contributed by atoms with van der Waals surface area (Å²) in [5.74, 6) is 2.00. The van der Waals surface area contributed by atoms with Crippen LogP contribution in [0.15, 0.2) is 24.5 Å². The molecule has 2 aromatic rings. The van der Waals surface area contributed by atoms with E-state index in [1.165, 1.54) is 0 Å². The Balaban J connectivity index is 2.36. The number of H-pyrrole nitrogens is 1. The lowest BCUT2D eigenvalue weighted by Crippen LogP contribution is -2.08. The van der Waals surface area contributed by atoms with Gasteiger partial charge >= 0.3 is 0 Å². The predicted octanol–water partition coefficient (Wildman–Crippen LogP) is 3.32. The molecule has 0 aliphatic carbocycles. The highest BCUT2D eigenvalue weighted by atomic mass is 32.2. The zero-order valence-electron chi connectivity index (χ0n) is 10.5.